The van der Waals surface area contributed by atoms with E-state index in [1.54, 1.807) is 11.2 Å². The Hall–Kier alpha value is -1.26. The molecule has 1 aromatic carbocycles. The molecule has 20 heavy (non-hydrogen) atoms. The number of rotatable bonds is 4. The molecule has 0 spiro atoms. The molecule has 108 valence electrons. The van der Waals surface area contributed by atoms with Gasteiger partial charge in [-0.2, -0.15) is 0 Å². The highest BCUT2D eigenvalue weighted by atomic mass is 32.2. The summed E-state index contributed by atoms with van der Waals surface area (Å²) in [5.41, 5.74) is 4.16. The van der Waals surface area contributed by atoms with E-state index in [2.05, 4.69) is 6.08 Å². The van der Waals surface area contributed by atoms with Crippen LogP contribution in [0.2, 0.25) is 0 Å². The van der Waals surface area contributed by atoms with Gasteiger partial charge >= 0.3 is 0 Å². The highest BCUT2D eigenvalue weighted by Gasteiger charge is 2.26. The number of para-hydroxylation sites is 1. The molecule has 0 aliphatic heterocycles. The number of aryl methyl sites for hydroxylation is 2. The van der Waals surface area contributed by atoms with Gasteiger partial charge in [0.1, 0.15) is 0 Å². The fourth-order valence-corrected chi connectivity index (χ4v) is 3.16. The predicted octanol–water partition coefficient (Wildman–Crippen LogP) is 3.08. The third-order valence-corrected chi connectivity index (χ3v) is 4.20. The van der Waals surface area contributed by atoms with Gasteiger partial charge in [-0.05, 0) is 55.4 Å². The topological polar surface area (TPSA) is 43.4 Å². The quantitative estimate of drug-likeness (QED) is 0.800. The summed E-state index contributed by atoms with van der Waals surface area (Å²) in [6.07, 6.45) is 6.71. The van der Waals surface area contributed by atoms with Crippen molar-refractivity contribution in [2.75, 3.05) is 16.9 Å². The molecule has 1 aliphatic carbocycles. The standard InChI is InChI=1S/C16H21NO2S/c1-12-7-6-8-13(2)16(12)17(14-9-4-5-10-14)15(18)11-20(3)19/h6-9H,4-5,10-11H2,1-3H3. The molecule has 3 nitrogen and oxygen atoms in total. The number of amides is 1. The summed E-state index contributed by atoms with van der Waals surface area (Å²) in [7, 11) is 0. The van der Waals surface area contributed by atoms with Gasteiger partial charge in [-0.25, -0.2) is 0 Å². The van der Waals surface area contributed by atoms with Gasteiger partial charge in [-0.15, -0.1) is 0 Å². The van der Waals surface area contributed by atoms with E-state index in [0.29, 0.717) is 0 Å². The van der Waals surface area contributed by atoms with Crippen LogP contribution in [0, 0.1) is 13.8 Å². The molecule has 1 unspecified atom stereocenters. The zero-order chi connectivity index (χ0) is 14.7. The van der Waals surface area contributed by atoms with Gasteiger partial charge in [0.15, 0.2) is 5.75 Å². The third kappa shape index (κ3) is 3.25. The maximum atomic E-state index is 12.5. The van der Waals surface area contributed by atoms with Crippen LogP contribution in [0.15, 0.2) is 30.0 Å². The van der Waals surface area contributed by atoms with Crippen LogP contribution in [-0.4, -0.2) is 22.5 Å². The number of carbonyl (C=O) groups excluding carboxylic acids is 1. The van der Waals surface area contributed by atoms with E-state index in [0.717, 1.165) is 41.8 Å². The first-order chi connectivity index (χ1) is 9.50. The molecule has 1 aromatic rings. The number of hydrogen-bond donors (Lipinski definition) is 0. The van der Waals surface area contributed by atoms with Crippen molar-refractivity contribution < 1.29 is 9.35 Å². The van der Waals surface area contributed by atoms with Crippen LogP contribution in [-0.2, 0) is 16.0 Å². The van der Waals surface area contributed by atoms with Crippen molar-refractivity contribution in [2.45, 2.75) is 33.1 Å². The van der Waals surface area contributed by atoms with Crippen molar-refractivity contribution in [1.82, 2.24) is 0 Å². The van der Waals surface area contributed by atoms with Crippen LogP contribution >= 0.6 is 0 Å². The molecule has 1 aliphatic rings. The normalized spacial score (nSPS) is 15.9. The molecule has 0 aromatic heterocycles. The van der Waals surface area contributed by atoms with E-state index in [1.807, 2.05) is 32.0 Å². The summed E-state index contributed by atoms with van der Waals surface area (Å²) >= 11 is -1.12. The van der Waals surface area contributed by atoms with Crippen LogP contribution in [0.25, 0.3) is 0 Å². The monoisotopic (exact) mass is 291 g/mol. The number of hydrogen-bond acceptors (Lipinski definition) is 2. The van der Waals surface area contributed by atoms with Crippen molar-refractivity contribution in [3.8, 4) is 0 Å². The molecule has 0 heterocycles. The summed E-state index contributed by atoms with van der Waals surface area (Å²) in [4.78, 5) is 14.3. The first-order valence-corrected chi connectivity index (χ1v) is 8.61. The molecule has 1 atom stereocenters. The average Bonchev–Trinajstić information content (AvgIpc) is 2.86. The molecule has 0 N–H and O–H groups in total. The summed E-state index contributed by atoms with van der Waals surface area (Å²) < 4.78 is 11.4. The van der Waals surface area contributed by atoms with Gasteiger partial charge < -0.3 is 4.55 Å². The Kier molecular flexibility index (Phi) is 4.89. The second-order valence-corrected chi connectivity index (χ2v) is 6.71. The number of carbonyl (C=O) groups is 1. The smallest absolute Gasteiger partial charge is 0.281 e. The minimum absolute atomic E-state index is 0.0728. The van der Waals surface area contributed by atoms with E-state index in [4.69, 9.17) is 0 Å². The van der Waals surface area contributed by atoms with Gasteiger partial charge in [0, 0.05) is 5.70 Å². The first kappa shape index (κ1) is 15.1. The molecule has 1 amide bonds. The van der Waals surface area contributed by atoms with E-state index in [1.165, 1.54) is 0 Å². The van der Waals surface area contributed by atoms with Crippen molar-refractivity contribution in [2.24, 2.45) is 0 Å². The number of nitrogens with zero attached hydrogens (tertiary/aromatic N) is 1. The first-order valence-electron chi connectivity index (χ1n) is 6.89. The molecular weight excluding hydrogens is 270 g/mol. The van der Waals surface area contributed by atoms with Gasteiger partial charge in [-0.3, -0.25) is 9.69 Å². The van der Waals surface area contributed by atoms with E-state index in [-0.39, 0.29) is 11.7 Å². The predicted molar refractivity (Wildman–Crippen MR) is 84.3 cm³/mol. The highest BCUT2D eigenvalue weighted by molar-refractivity contribution is 7.91. The molecule has 0 saturated carbocycles. The van der Waals surface area contributed by atoms with Crippen LogP contribution < -0.4 is 4.90 Å². The van der Waals surface area contributed by atoms with Crippen LogP contribution in [0.5, 0.6) is 0 Å². The summed E-state index contributed by atoms with van der Waals surface area (Å²) in [6.45, 7) is 4.03. The molecule has 0 bridgehead atoms. The van der Waals surface area contributed by atoms with Crippen LogP contribution in [0.1, 0.15) is 30.4 Å². The molecule has 0 saturated heterocycles. The number of allylic oxidation sites excluding steroid dienone is 2. The second kappa shape index (κ2) is 6.46. The zero-order valence-electron chi connectivity index (χ0n) is 12.3. The maximum absolute atomic E-state index is 12.5. The molecule has 2 rings (SSSR count). The zero-order valence-corrected chi connectivity index (χ0v) is 13.1. The largest absolute Gasteiger partial charge is 0.616 e. The lowest BCUT2D eigenvalue weighted by Gasteiger charge is -2.27. The van der Waals surface area contributed by atoms with Gasteiger partial charge in [0.25, 0.3) is 5.91 Å². The van der Waals surface area contributed by atoms with Gasteiger partial charge in [0.2, 0.25) is 0 Å². The minimum Gasteiger partial charge on any atom is -0.616 e. The van der Waals surface area contributed by atoms with Crippen LogP contribution in [0.4, 0.5) is 5.69 Å². The Morgan fingerprint density at radius 1 is 1.35 bits per heavy atom. The third-order valence-electron chi connectivity index (χ3n) is 3.54. The Bertz CT molecular complexity index is 517. The molecular formula is C16H21NO2S. The lowest BCUT2D eigenvalue weighted by atomic mass is 10.1. The van der Waals surface area contributed by atoms with E-state index < -0.39 is 11.2 Å². The van der Waals surface area contributed by atoms with Crippen molar-refractivity contribution in [1.29, 1.82) is 0 Å². The lowest BCUT2D eigenvalue weighted by molar-refractivity contribution is -0.115. The van der Waals surface area contributed by atoms with E-state index in [9.17, 15) is 9.35 Å². The minimum atomic E-state index is -1.12. The Labute approximate surface area is 123 Å². The Balaban J connectivity index is 2.43. The molecule has 0 radical (unpaired) electrons. The average molecular weight is 291 g/mol. The second-order valence-electron chi connectivity index (χ2n) is 5.27. The molecule has 0 fully saturated rings. The fraction of sp³-hybridized carbons (Fsp3) is 0.438. The summed E-state index contributed by atoms with van der Waals surface area (Å²) in [6, 6.07) is 6.03. The van der Waals surface area contributed by atoms with Gasteiger partial charge in [0.05, 0.1) is 11.9 Å². The van der Waals surface area contributed by atoms with E-state index >= 15 is 0 Å². The van der Waals surface area contributed by atoms with Gasteiger partial charge in [-0.1, -0.05) is 24.3 Å². The number of anilines is 1. The highest BCUT2D eigenvalue weighted by Crippen LogP contribution is 2.32. The fourth-order valence-electron chi connectivity index (χ4n) is 2.68. The van der Waals surface area contributed by atoms with Crippen molar-refractivity contribution >= 4 is 22.8 Å². The lowest BCUT2D eigenvalue weighted by Crippen LogP contribution is -2.35. The summed E-state index contributed by atoms with van der Waals surface area (Å²) in [5.74, 6) is 0.00172. The SMILES string of the molecule is Cc1cccc(C)c1N(C(=O)C[S+](C)[O-])C1=CCCC1. The number of benzene rings is 1. The van der Waals surface area contributed by atoms with Crippen LogP contribution in [0.3, 0.4) is 0 Å². The summed E-state index contributed by atoms with van der Waals surface area (Å²) in [5, 5.41) is 0. The Morgan fingerprint density at radius 2 is 2.00 bits per heavy atom. The van der Waals surface area contributed by atoms with Crippen molar-refractivity contribution in [3.05, 3.63) is 41.1 Å². The Morgan fingerprint density at radius 3 is 2.50 bits per heavy atom. The van der Waals surface area contributed by atoms with Crippen molar-refractivity contribution in [3.63, 3.8) is 0 Å². The maximum Gasteiger partial charge on any atom is 0.281 e. The molecule has 4 heteroatoms.